The van der Waals surface area contributed by atoms with E-state index in [2.05, 4.69) is 0 Å². The number of halogens is 2. The van der Waals surface area contributed by atoms with Crippen molar-refractivity contribution < 1.29 is 4.39 Å². The summed E-state index contributed by atoms with van der Waals surface area (Å²) < 4.78 is 12.7. The van der Waals surface area contributed by atoms with Crippen LogP contribution >= 0.6 is 12.4 Å². The third kappa shape index (κ3) is 1.45. The van der Waals surface area contributed by atoms with E-state index in [1.54, 1.807) is 6.07 Å². The topological polar surface area (TPSA) is 26.0 Å². The number of fused-ring (bicyclic) bond motifs is 1. The third-order valence-corrected chi connectivity index (χ3v) is 2.23. The van der Waals surface area contributed by atoms with E-state index in [4.69, 9.17) is 5.73 Å². The van der Waals surface area contributed by atoms with Gasteiger partial charge in [-0.05, 0) is 36.1 Å². The van der Waals surface area contributed by atoms with Crippen LogP contribution in [0.1, 0.15) is 23.6 Å². The zero-order valence-electron chi connectivity index (χ0n) is 6.59. The summed E-state index contributed by atoms with van der Waals surface area (Å²) in [6.45, 7) is 0. The Labute approximate surface area is 77.2 Å². The van der Waals surface area contributed by atoms with Crippen molar-refractivity contribution in [1.29, 1.82) is 0 Å². The van der Waals surface area contributed by atoms with E-state index >= 15 is 0 Å². The summed E-state index contributed by atoms with van der Waals surface area (Å²) in [4.78, 5) is 0. The zero-order valence-corrected chi connectivity index (χ0v) is 7.40. The van der Waals surface area contributed by atoms with E-state index in [0.29, 0.717) is 0 Å². The highest BCUT2D eigenvalue weighted by Crippen LogP contribution is 2.29. The normalized spacial score (nSPS) is 20.0. The Morgan fingerprint density at radius 3 is 2.92 bits per heavy atom. The average molecular weight is 188 g/mol. The molecule has 1 aliphatic rings. The molecule has 1 aromatic rings. The lowest BCUT2D eigenvalue weighted by atomic mass is 10.1. The fraction of sp³-hybridized carbons (Fsp3) is 0.333. The first-order chi connectivity index (χ1) is 5.27. The monoisotopic (exact) mass is 187 g/mol. The smallest absolute Gasteiger partial charge is 0.123 e. The van der Waals surface area contributed by atoms with Gasteiger partial charge in [0, 0.05) is 6.04 Å². The van der Waals surface area contributed by atoms with Crippen molar-refractivity contribution in [2.45, 2.75) is 18.9 Å². The molecule has 0 unspecified atom stereocenters. The number of rotatable bonds is 0. The third-order valence-electron chi connectivity index (χ3n) is 2.23. The molecule has 0 aliphatic heterocycles. The van der Waals surface area contributed by atoms with Crippen LogP contribution in [-0.4, -0.2) is 0 Å². The van der Waals surface area contributed by atoms with Gasteiger partial charge in [-0.25, -0.2) is 4.39 Å². The number of hydrogen-bond donors (Lipinski definition) is 1. The molecule has 0 radical (unpaired) electrons. The molecule has 1 aromatic carbocycles. The molecule has 0 heterocycles. The Morgan fingerprint density at radius 1 is 1.42 bits per heavy atom. The molecule has 0 saturated carbocycles. The highest BCUT2D eigenvalue weighted by atomic mass is 35.5. The zero-order chi connectivity index (χ0) is 7.84. The maximum absolute atomic E-state index is 12.7. The molecule has 0 aromatic heterocycles. The molecule has 2 rings (SSSR count). The predicted octanol–water partition coefficient (Wildman–Crippen LogP) is 2.19. The van der Waals surface area contributed by atoms with E-state index in [0.717, 1.165) is 18.4 Å². The molecule has 3 heteroatoms. The Morgan fingerprint density at radius 2 is 2.17 bits per heavy atom. The van der Waals surface area contributed by atoms with Crippen molar-refractivity contribution in [3.8, 4) is 0 Å². The van der Waals surface area contributed by atoms with Gasteiger partial charge < -0.3 is 5.73 Å². The van der Waals surface area contributed by atoms with Gasteiger partial charge >= 0.3 is 0 Å². The second kappa shape index (κ2) is 3.42. The second-order valence-corrected chi connectivity index (χ2v) is 2.99. The van der Waals surface area contributed by atoms with E-state index in [-0.39, 0.29) is 24.3 Å². The highest BCUT2D eigenvalue weighted by molar-refractivity contribution is 5.85. The summed E-state index contributed by atoms with van der Waals surface area (Å²) in [6, 6.07) is 4.93. The molecule has 66 valence electrons. The minimum Gasteiger partial charge on any atom is -0.324 e. The molecular formula is C9H11ClFN. The van der Waals surface area contributed by atoms with Crippen LogP contribution in [0.15, 0.2) is 18.2 Å². The van der Waals surface area contributed by atoms with Gasteiger partial charge in [0.05, 0.1) is 0 Å². The largest absolute Gasteiger partial charge is 0.324 e. The van der Waals surface area contributed by atoms with Gasteiger partial charge in [0.2, 0.25) is 0 Å². The van der Waals surface area contributed by atoms with Crippen LogP contribution in [0.3, 0.4) is 0 Å². The van der Waals surface area contributed by atoms with Crippen LogP contribution in [0.25, 0.3) is 0 Å². The lowest BCUT2D eigenvalue weighted by Gasteiger charge is -2.02. The van der Waals surface area contributed by atoms with E-state index in [1.165, 1.54) is 11.6 Å². The molecule has 12 heavy (non-hydrogen) atoms. The van der Waals surface area contributed by atoms with Crippen molar-refractivity contribution >= 4 is 12.4 Å². The summed E-state index contributed by atoms with van der Waals surface area (Å²) in [6.07, 6.45) is 1.95. The highest BCUT2D eigenvalue weighted by Gasteiger charge is 2.18. The summed E-state index contributed by atoms with van der Waals surface area (Å²) in [5.41, 5.74) is 7.95. The lowest BCUT2D eigenvalue weighted by molar-refractivity contribution is 0.622. The Hall–Kier alpha value is -0.600. The first-order valence-electron chi connectivity index (χ1n) is 3.81. The predicted molar refractivity (Wildman–Crippen MR) is 48.9 cm³/mol. The Balaban J connectivity index is 0.000000720. The Bertz CT molecular complexity index is 288. The van der Waals surface area contributed by atoms with Crippen LogP contribution in [0.2, 0.25) is 0 Å². The molecule has 0 bridgehead atoms. The number of nitrogens with two attached hydrogens (primary N) is 1. The van der Waals surface area contributed by atoms with Gasteiger partial charge in [-0.3, -0.25) is 0 Å². The molecule has 0 fully saturated rings. The first kappa shape index (κ1) is 9.49. The van der Waals surface area contributed by atoms with Gasteiger partial charge in [0.25, 0.3) is 0 Å². The van der Waals surface area contributed by atoms with E-state index < -0.39 is 0 Å². The molecule has 0 amide bonds. The van der Waals surface area contributed by atoms with Crippen LogP contribution in [0, 0.1) is 5.82 Å². The van der Waals surface area contributed by atoms with Crippen LogP contribution in [-0.2, 0) is 6.42 Å². The van der Waals surface area contributed by atoms with Crippen molar-refractivity contribution in [3.63, 3.8) is 0 Å². The standard InChI is InChI=1S/C9H10FN.ClH/c10-7-3-1-6-2-4-9(11)8(6)5-7;/h1,3,5,9H,2,4,11H2;1H/t9-;/m0./s1. The van der Waals surface area contributed by atoms with Gasteiger partial charge in [-0.2, -0.15) is 0 Å². The SMILES string of the molecule is Cl.N[C@H]1CCc2ccc(F)cc21. The first-order valence-corrected chi connectivity index (χ1v) is 3.81. The molecule has 1 nitrogen and oxygen atoms in total. The Kier molecular flexibility index (Phi) is 2.70. The van der Waals surface area contributed by atoms with Crippen molar-refractivity contribution in [3.05, 3.63) is 35.1 Å². The molecule has 1 atom stereocenters. The molecule has 2 N–H and O–H groups in total. The number of benzene rings is 1. The van der Waals surface area contributed by atoms with Crippen LogP contribution < -0.4 is 5.73 Å². The molecule has 0 saturated heterocycles. The minimum atomic E-state index is -0.180. The van der Waals surface area contributed by atoms with Gasteiger partial charge in [0.1, 0.15) is 5.82 Å². The van der Waals surface area contributed by atoms with E-state index in [9.17, 15) is 4.39 Å². The molecular weight excluding hydrogens is 177 g/mol. The summed E-state index contributed by atoms with van der Waals surface area (Å²) in [5, 5.41) is 0. The fourth-order valence-electron chi connectivity index (χ4n) is 1.61. The molecule has 0 spiro atoms. The average Bonchev–Trinajstić information content (AvgIpc) is 2.33. The fourth-order valence-corrected chi connectivity index (χ4v) is 1.61. The van der Waals surface area contributed by atoms with Gasteiger partial charge in [0.15, 0.2) is 0 Å². The number of aryl methyl sites for hydroxylation is 1. The van der Waals surface area contributed by atoms with Crippen molar-refractivity contribution in [1.82, 2.24) is 0 Å². The van der Waals surface area contributed by atoms with Gasteiger partial charge in [-0.15, -0.1) is 12.4 Å². The lowest BCUT2D eigenvalue weighted by Crippen LogP contribution is -2.05. The van der Waals surface area contributed by atoms with Crippen molar-refractivity contribution in [2.24, 2.45) is 5.73 Å². The molecule has 1 aliphatic carbocycles. The summed E-state index contributed by atoms with van der Waals surface area (Å²) in [5.74, 6) is -0.180. The van der Waals surface area contributed by atoms with Crippen LogP contribution in [0.4, 0.5) is 4.39 Å². The number of hydrogen-bond acceptors (Lipinski definition) is 1. The maximum atomic E-state index is 12.7. The van der Waals surface area contributed by atoms with E-state index in [1.807, 2.05) is 6.07 Å². The summed E-state index contributed by atoms with van der Waals surface area (Å²) >= 11 is 0. The minimum absolute atomic E-state index is 0. The van der Waals surface area contributed by atoms with Gasteiger partial charge in [-0.1, -0.05) is 6.07 Å². The van der Waals surface area contributed by atoms with Crippen molar-refractivity contribution in [2.75, 3.05) is 0 Å². The second-order valence-electron chi connectivity index (χ2n) is 2.99. The summed E-state index contributed by atoms with van der Waals surface area (Å²) in [7, 11) is 0. The van der Waals surface area contributed by atoms with Crippen LogP contribution in [0.5, 0.6) is 0 Å². The quantitative estimate of drug-likeness (QED) is 0.662. The maximum Gasteiger partial charge on any atom is 0.123 e.